The molecule has 2 rings (SSSR count). The van der Waals surface area contributed by atoms with Gasteiger partial charge in [0.15, 0.2) is 0 Å². The van der Waals surface area contributed by atoms with Crippen LogP contribution >= 0.6 is 0 Å². The second kappa shape index (κ2) is 5.32. The molecule has 0 saturated heterocycles. The van der Waals surface area contributed by atoms with Crippen molar-refractivity contribution in [1.82, 2.24) is 0 Å². The Morgan fingerprint density at radius 2 is 1.67 bits per heavy atom. The van der Waals surface area contributed by atoms with Gasteiger partial charge in [-0.3, -0.25) is 4.79 Å². The van der Waals surface area contributed by atoms with E-state index in [-0.39, 0.29) is 17.2 Å². The summed E-state index contributed by atoms with van der Waals surface area (Å²) >= 11 is 0. The number of allylic oxidation sites excluding steroid dienone is 2. The van der Waals surface area contributed by atoms with Crippen molar-refractivity contribution in [2.24, 2.45) is 17.3 Å². The maximum absolute atomic E-state index is 12.6. The first kappa shape index (κ1) is 15.8. The minimum absolute atomic E-state index is 0.0634. The van der Waals surface area contributed by atoms with Gasteiger partial charge in [-0.15, -0.1) is 0 Å². The van der Waals surface area contributed by atoms with Crippen LogP contribution in [-0.4, -0.2) is 5.91 Å². The molecule has 1 aliphatic carbocycles. The van der Waals surface area contributed by atoms with Crippen LogP contribution in [0.25, 0.3) is 0 Å². The topological polar surface area (TPSA) is 29.1 Å². The van der Waals surface area contributed by atoms with Gasteiger partial charge in [0.25, 0.3) is 0 Å². The second-order valence-electron chi connectivity index (χ2n) is 7.33. The van der Waals surface area contributed by atoms with Gasteiger partial charge in [0.2, 0.25) is 5.91 Å². The van der Waals surface area contributed by atoms with Gasteiger partial charge < -0.3 is 5.32 Å². The lowest BCUT2D eigenvalue weighted by atomic mass is 10.0. The molecule has 2 atom stereocenters. The van der Waals surface area contributed by atoms with Crippen molar-refractivity contribution >= 4 is 11.6 Å². The fourth-order valence-electron chi connectivity index (χ4n) is 3.43. The SMILES string of the molecule is CC(C)=C[C@H]1[C@H](C(=O)Nc2c(C)cc(C)cc2C)C1(C)C. The zero-order valence-corrected chi connectivity index (χ0v) is 14.3. The van der Waals surface area contributed by atoms with Gasteiger partial charge in [-0.2, -0.15) is 0 Å². The first-order chi connectivity index (χ1) is 9.64. The molecule has 0 aliphatic heterocycles. The van der Waals surface area contributed by atoms with Crippen molar-refractivity contribution in [2.45, 2.75) is 48.5 Å². The first-order valence-corrected chi connectivity index (χ1v) is 7.68. The van der Waals surface area contributed by atoms with Crippen LogP contribution in [0.5, 0.6) is 0 Å². The van der Waals surface area contributed by atoms with Gasteiger partial charge in [-0.25, -0.2) is 0 Å². The molecule has 2 heteroatoms. The third-order valence-electron chi connectivity index (χ3n) is 4.63. The van der Waals surface area contributed by atoms with Crippen molar-refractivity contribution in [1.29, 1.82) is 0 Å². The molecular formula is C19H27NO. The van der Waals surface area contributed by atoms with E-state index in [4.69, 9.17) is 0 Å². The summed E-state index contributed by atoms with van der Waals surface area (Å²) < 4.78 is 0. The molecular weight excluding hydrogens is 258 g/mol. The lowest BCUT2D eigenvalue weighted by molar-refractivity contribution is -0.118. The standard InChI is InChI=1S/C19H27NO/c1-11(2)8-15-16(19(15,6)7)18(21)20-17-13(4)9-12(3)10-14(17)5/h8-10,15-16H,1-7H3,(H,20,21)/t15-,16+/m0/s1. The monoisotopic (exact) mass is 285 g/mol. The first-order valence-electron chi connectivity index (χ1n) is 7.68. The van der Waals surface area contributed by atoms with Crippen LogP contribution in [0.15, 0.2) is 23.8 Å². The van der Waals surface area contributed by atoms with E-state index in [1.165, 1.54) is 11.1 Å². The van der Waals surface area contributed by atoms with Crippen molar-refractivity contribution in [3.63, 3.8) is 0 Å². The summed E-state index contributed by atoms with van der Waals surface area (Å²) in [6, 6.07) is 4.24. The van der Waals surface area contributed by atoms with Crippen LogP contribution in [0.1, 0.15) is 44.4 Å². The van der Waals surface area contributed by atoms with E-state index in [2.05, 4.69) is 72.0 Å². The van der Waals surface area contributed by atoms with E-state index in [0.29, 0.717) is 5.92 Å². The number of benzene rings is 1. The Balaban J connectivity index is 2.19. The third-order valence-corrected chi connectivity index (χ3v) is 4.63. The van der Waals surface area contributed by atoms with Crippen LogP contribution < -0.4 is 5.32 Å². The second-order valence-corrected chi connectivity index (χ2v) is 7.33. The number of nitrogens with one attached hydrogen (secondary N) is 1. The summed E-state index contributed by atoms with van der Waals surface area (Å²) in [7, 11) is 0. The van der Waals surface area contributed by atoms with Gasteiger partial charge in [-0.05, 0) is 57.1 Å². The fraction of sp³-hybridized carbons (Fsp3) is 0.526. The molecule has 0 aromatic heterocycles. The number of carbonyl (C=O) groups is 1. The van der Waals surface area contributed by atoms with Crippen molar-refractivity contribution in [2.75, 3.05) is 5.32 Å². The number of anilines is 1. The van der Waals surface area contributed by atoms with E-state index >= 15 is 0 Å². The molecule has 0 spiro atoms. The smallest absolute Gasteiger partial charge is 0.228 e. The molecule has 0 bridgehead atoms. The lowest BCUT2D eigenvalue weighted by Gasteiger charge is -2.13. The summed E-state index contributed by atoms with van der Waals surface area (Å²) in [5.41, 5.74) is 5.83. The van der Waals surface area contributed by atoms with E-state index in [1.807, 2.05) is 0 Å². The van der Waals surface area contributed by atoms with Gasteiger partial charge in [-0.1, -0.05) is 43.2 Å². The predicted molar refractivity (Wildman–Crippen MR) is 89.5 cm³/mol. The van der Waals surface area contributed by atoms with Crippen LogP contribution in [0, 0.1) is 38.0 Å². The van der Waals surface area contributed by atoms with Crippen molar-refractivity contribution in [3.05, 3.63) is 40.5 Å². The van der Waals surface area contributed by atoms with Crippen molar-refractivity contribution < 1.29 is 4.79 Å². The molecule has 1 saturated carbocycles. The van der Waals surface area contributed by atoms with Crippen LogP contribution in [0.2, 0.25) is 0 Å². The van der Waals surface area contributed by atoms with E-state index in [9.17, 15) is 4.79 Å². The van der Waals surface area contributed by atoms with Crippen LogP contribution in [-0.2, 0) is 4.79 Å². The van der Waals surface area contributed by atoms with Crippen molar-refractivity contribution in [3.8, 4) is 0 Å². The quantitative estimate of drug-likeness (QED) is 0.795. The summed E-state index contributed by atoms with van der Waals surface area (Å²) in [5, 5.41) is 3.16. The van der Waals surface area contributed by atoms with Crippen LogP contribution in [0.3, 0.4) is 0 Å². The van der Waals surface area contributed by atoms with E-state index in [1.54, 1.807) is 0 Å². The zero-order chi connectivity index (χ0) is 15.9. The molecule has 1 fully saturated rings. The van der Waals surface area contributed by atoms with Gasteiger partial charge in [0.05, 0.1) is 5.92 Å². The number of hydrogen-bond donors (Lipinski definition) is 1. The summed E-state index contributed by atoms with van der Waals surface area (Å²) in [5.74, 6) is 0.582. The molecule has 1 aromatic rings. The van der Waals surface area contributed by atoms with E-state index in [0.717, 1.165) is 16.8 Å². The summed E-state index contributed by atoms with van der Waals surface area (Å²) in [6.07, 6.45) is 2.24. The van der Waals surface area contributed by atoms with Gasteiger partial charge >= 0.3 is 0 Å². The molecule has 1 aromatic carbocycles. The Labute approximate surface area is 128 Å². The fourth-order valence-corrected chi connectivity index (χ4v) is 3.43. The molecule has 21 heavy (non-hydrogen) atoms. The molecule has 1 amide bonds. The summed E-state index contributed by atoms with van der Waals surface area (Å²) in [6.45, 7) is 14.7. The molecule has 0 unspecified atom stereocenters. The molecule has 0 radical (unpaired) electrons. The molecule has 0 heterocycles. The zero-order valence-electron chi connectivity index (χ0n) is 14.3. The Morgan fingerprint density at radius 1 is 1.14 bits per heavy atom. The maximum atomic E-state index is 12.6. The predicted octanol–water partition coefficient (Wildman–Crippen LogP) is 4.79. The number of amides is 1. The number of carbonyl (C=O) groups excluding carboxylic acids is 1. The molecule has 1 N–H and O–H groups in total. The number of aryl methyl sites for hydroxylation is 3. The number of rotatable bonds is 3. The van der Waals surface area contributed by atoms with Crippen LogP contribution in [0.4, 0.5) is 5.69 Å². The Hall–Kier alpha value is -1.57. The molecule has 2 nitrogen and oxygen atoms in total. The Kier molecular flexibility index (Phi) is 4.01. The highest BCUT2D eigenvalue weighted by molar-refractivity contribution is 5.97. The van der Waals surface area contributed by atoms with Gasteiger partial charge in [0.1, 0.15) is 0 Å². The number of hydrogen-bond acceptors (Lipinski definition) is 1. The minimum Gasteiger partial charge on any atom is -0.325 e. The average Bonchev–Trinajstić information content (AvgIpc) is 2.84. The highest BCUT2D eigenvalue weighted by Crippen LogP contribution is 2.59. The Morgan fingerprint density at radius 3 is 2.14 bits per heavy atom. The minimum atomic E-state index is 0.0634. The summed E-state index contributed by atoms with van der Waals surface area (Å²) in [4.78, 5) is 12.6. The maximum Gasteiger partial charge on any atom is 0.228 e. The van der Waals surface area contributed by atoms with E-state index < -0.39 is 0 Å². The largest absolute Gasteiger partial charge is 0.325 e. The third kappa shape index (κ3) is 3.04. The molecule has 1 aliphatic rings. The Bertz CT molecular complexity index is 583. The highest BCUT2D eigenvalue weighted by Gasteiger charge is 2.60. The van der Waals surface area contributed by atoms with Gasteiger partial charge in [0, 0.05) is 5.69 Å². The normalized spacial score (nSPS) is 22.6. The average molecular weight is 285 g/mol. The highest BCUT2D eigenvalue weighted by atomic mass is 16.2. The molecule has 114 valence electrons. The lowest BCUT2D eigenvalue weighted by Crippen LogP contribution is -2.18.